The molecule has 5 rings (SSSR count). The zero-order chi connectivity index (χ0) is 22.4. The fraction of sp³-hybridized carbons (Fsp3) is 0.292. The monoisotopic (exact) mass is 470 g/mol. The van der Waals surface area contributed by atoms with Crippen LogP contribution < -0.4 is 0 Å². The van der Waals surface area contributed by atoms with Crippen molar-refractivity contribution in [2.45, 2.75) is 25.3 Å². The van der Waals surface area contributed by atoms with Gasteiger partial charge in [-0.3, -0.25) is 4.79 Å². The largest absolute Gasteiger partial charge is 0.341 e. The van der Waals surface area contributed by atoms with Crippen molar-refractivity contribution in [3.05, 3.63) is 81.7 Å². The Balaban J connectivity index is 1.47. The van der Waals surface area contributed by atoms with Crippen LogP contribution in [0.4, 0.5) is 10.2 Å². The predicted molar refractivity (Wildman–Crippen MR) is 123 cm³/mol. The first-order valence-corrected chi connectivity index (χ1v) is 11.3. The number of nitrogens with zero attached hydrogens (tertiary/aromatic N) is 4. The topological polar surface area (TPSA) is 50.5 Å². The van der Waals surface area contributed by atoms with E-state index in [9.17, 15) is 9.18 Å². The third-order valence-corrected chi connectivity index (χ3v) is 7.10. The highest BCUT2D eigenvalue weighted by atomic mass is 35.5. The average Bonchev–Trinajstić information content (AvgIpc) is 3.44. The Kier molecular flexibility index (Phi) is 5.51. The van der Waals surface area contributed by atoms with Gasteiger partial charge in [0.05, 0.1) is 22.3 Å². The number of likely N-dealkylation sites (tertiary alicyclic amines) is 1. The van der Waals surface area contributed by atoms with E-state index in [2.05, 4.69) is 10.1 Å². The number of hydrogen-bond donors (Lipinski definition) is 0. The Labute approximate surface area is 195 Å². The molecule has 3 heterocycles. The highest BCUT2D eigenvalue weighted by Crippen LogP contribution is 2.40. The molecule has 2 aliphatic rings. The summed E-state index contributed by atoms with van der Waals surface area (Å²) in [6.07, 6.45) is 2.52. The Morgan fingerprint density at radius 2 is 1.81 bits per heavy atom. The molecule has 1 aromatic heterocycles. The van der Waals surface area contributed by atoms with Crippen molar-refractivity contribution in [1.29, 1.82) is 0 Å². The van der Waals surface area contributed by atoms with Crippen molar-refractivity contribution in [2.75, 3.05) is 13.1 Å². The smallest absolute Gasteiger partial charge is 0.233 e. The van der Waals surface area contributed by atoms with Gasteiger partial charge in [-0.2, -0.15) is 5.10 Å². The number of halogens is 3. The molecule has 1 fully saturated rings. The van der Waals surface area contributed by atoms with Crippen LogP contribution in [0.15, 0.2) is 59.7 Å². The number of carbonyl (C=O) groups is 1. The lowest BCUT2D eigenvalue weighted by Crippen LogP contribution is -2.43. The summed E-state index contributed by atoms with van der Waals surface area (Å²) in [4.78, 5) is 20.3. The molecule has 1 saturated heterocycles. The third kappa shape index (κ3) is 3.71. The molecule has 0 bridgehead atoms. The molecule has 0 N–H and O–H groups in total. The van der Waals surface area contributed by atoms with Gasteiger partial charge in [0.15, 0.2) is 5.82 Å². The molecule has 0 radical (unpaired) electrons. The van der Waals surface area contributed by atoms with Crippen LogP contribution in [0.1, 0.15) is 36.4 Å². The molecule has 164 valence electrons. The van der Waals surface area contributed by atoms with E-state index in [1.807, 2.05) is 24.0 Å². The first-order valence-electron chi connectivity index (χ1n) is 10.5. The molecule has 8 heteroatoms. The maximum absolute atomic E-state index is 13.8. The van der Waals surface area contributed by atoms with E-state index in [0.717, 1.165) is 23.3 Å². The van der Waals surface area contributed by atoms with E-state index >= 15 is 0 Å². The molecule has 2 aliphatic heterocycles. The van der Waals surface area contributed by atoms with Crippen LogP contribution in [0.25, 0.3) is 0 Å². The first kappa shape index (κ1) is 21.2. The number of aliphatic imine (C=N–C) groups is 1. The van der Waals surface area contributed by atoms with Crippen molar-refractivity contribution < 1.29 is 9.18 Å². The fourth-order valence-electron chi connectivity index (χ4n) is 4.74. The summed E-state index contributed by atoms with van der Waals surface area (Å²) < 4.78 is 15.1. The summed E-state index contributed by atoms with van der Waals surface area (Å²) >= 11 is 12.4. The molecule has 2 aromatic carbocycles. The van der Waals surface area contributed by atoms with Gasteiger partial charge in [0.1, 0.15) is 11.7 Å². The van der Waals surface area contributed by atoms with Gasteiger partial charge < -0.3 is 4.90 Å². The molecule has 3 unspecified atom stereocenters. The van der Waals surface area contributed by atoms with Crippen LogP contribution in [0.3, 0.4) is 0 Å². The van der Waals surface area contributed by atoms with Crippen molar-refractivity contribution in [3.63, 3.8) is 0 Å². The van der Waals surface area contributed by atoms with Crippen LogP contribution in [0, 0.1) is 11.7 Å². The summed E-state index contributed by atoms with van der Waals surface area (Å²) in [6.45, 7) is 3.12. The van der Waals surface area contributed by atoms with E-state index in [0.29, 0.717) is 29.0 Å². The molecular formula is C24H21Cl2FN4O. The molecule has 0 aliphatic carbocycles. The average molecular weight is 471 g/mol. The van der Waals surface area contributed by atoms with E-state index in [1.165, 1.54) is 12.1 Å². The minimum Gasteiger partial charge on any atom is -0.341 e. The highest BCUT2D eigenvalue weighted by molar-refractivity contribution is 6.42. The zero-order valence-corrected chi connectivity index (χ0v) is 18.9. The zero-order valence-electron chi connectivity index (χ0n) is 17.4. The summed E-state index contributed by atoms with van der Waals surface area (Å²) in [5.41, 5.74) is 2.64. The summed E-state index contributed by atoms with van der Waals surface area (Å²) in [5.74, 6) is 0.130. The lowest BCUT2D eigenvalue weighted by atomic mass is 9.87. The predicted octanol–water partition coefficient (Wildman–Crippen LogP) is 5.66. The second kappa shape index (κ2) is 8.34. The number of benzene rings is 2. The molecule has 5 nitrogen and oxygen atoms in total. The van der Waals surface area contributed by atoms with Gasteiger partial charge >= 0.3 is 0 Å². The molecule has 0 saturated carbocycles. The van der Waals surface area contributed by atoms with Gasteiger partial charge in [0, 0.05) is 30.8 Å². The maximum atomic E-state index is 13.8. The van der Waals surface area contributed by atoms with Crippen molar-refractivity contribution in [1.82, 2.24) is 14.7 Å². The third-order valence-electron chi connectivity index (χ3n) is 6.36. The number of carbonyl (C=O) groups excluding carboxylic acids is 1. The van der Waals surface area contributed by atoms with Crippen LogP contribution in [0.5, 0.6) is 0 Å². The SMILES string of the molecule is CC1=Nc2ccnn2C(c2ccc(Cl)c(Cl)c2)C1C(=O)N1CCC(c2ccc(F)cc2)C1. The number of aromatic nitrogens is 2. The highest BCUT2D eigenvalue weighted by Gasteiger charge is 2.42. The molecule has 3 aromatic rings. The lowest BCUT2D eigenvalue weighted by molar-refractivity contribution is -0.133. The van der Waals surface area contributed by atoms with Crippen LogP contribution in [-0.2, 0) is 4.79 Å². The maximum Gasteiger partial charge on any atom is 0.233 e. The summed E-state index contributed by atoms with van der Waals surface area (Å²) in [7, 11) is 0. The van der Waals surface area contributed by atoms with Crippen LogP contribution >= 0.6 is 23.2 Å². The Bertz CT molecular complexity index is 1210. The van der Waals surface area contributed by atoms with E-state index in [-0.39, 0.29) is 23.7 Å². The Morgan fingerprint density at radius 3 is 2.56 bits per heavy atom. The van der Waals surface area contributed by atoms with Crippen molar-refractivity contribution in [3.8, 4) is 0 Å². The Hall–Kier alpha value is -2.70. The van der Waals surface area contributed by atoms with Crippen molar-refractivity contribution >= 4 is 40.6 Å². The molecule has 0 spiro atoms. The molecule has 1 amide bonds. The summed E-state index contributed by atoms with van der Waals surface area (Å²) in [6, 6.07) is 13.4. The van der Waals surface area contributed by atoms with E-state index in [1.54, 1.807) is 35.1 Å². The fourth-order valence-corrected chi connectivity index (χ4v) is 5.04. The molecular weight excluding hydrogens is 450 g/mol. The van der Waals surface area contributed by atoms with E-state index < -0.39 is 5.92 Å². The van der Waals surface area contributed by atoms with Gasteiger partial charge in [0.25, 0.3) is 0 Å². The quantitative estimate of drug-likeness (QED) is 0.495. The van der Waals surface area contributed by atoms with Crippen LogP contribution in [-0.4, -0.2) is 39.4 Å². The summed E-state index contributed by atoms with van der Waals surface area (Å²) in [5, 5.41) is 5.35. The Morgan fingerprint density at radius 1 is 1.06 bits per heavy atom. The van der Waals surface area contributed by atoms with Gasteiger partial charge in [-0.25, -0.2) is 14.1 Å². The second-order valence-electron chi connectivity index (χ2n) is 8.30. The van der Waals surface area contributed by atoms with Crippen molar-refractivity contribution in [2.24, 2.45) is 10.9 Å². The minimum atomic E-state index is -0.508. The number of hydrogen-bond acceptors (Lipinski definition) is 3. The first-order chi connectivity index (χ1) is 15.4. The molecule has 3 atom stereocenters. The van der Waals surface area contributed by atoms with Crippen LogP contribution in [0.2, 0.25) is 10.0 Å². The standard InChI is InChI=1S/C24H21Cl2FN4O/c1-14-22(24(32)30-11-9-17(13-30)15-2-5-18(27)6-3-15)23(31-21(29-14)8-10-28-31)16-4-7-19(25)20(26)12-16/h2-8,10,12,17,22-23H,9,11,13H2,1H3. The number of rotatable bonds is 3. The van der Waals surface area contributed by atoms with Gasteiger partial charge in [-0.1, -0.05) is 41.4 Å². The number of amides is 1. The lowest BCUT2D eigenvalue weighted by Gasteiger charge is -2.33. The van der Waals surface area contributed by atoms with Gasteiger partial charge in [-0.15, -0.1) is 0 Å². The van der Waals surface area contributed by atoms with Gasteiger partial charge in [-0.05, 0) is 48.7 Å². The van der Waals surface area contributed by atoms with E-state index in [4.69, 9.17) is 23.2 Å². The van der Waals surface area contributed by atoms with Gasteiger partial charge in [0.2, 0.25) is 5.91 Å². The second-order valence-corrected chi connectivity index (χ2v) is 9.12. The minimum absolute atomic E-state index is 0.00749. The normalized spacial score (nSPS) is 22.6. The number of fused-ring (bicyclic) bond motifs is 1. The molecule has 32 heavy (non-hydrogen) atoms.